The summed E-state index contributed by atoms with van der Waals surface area (Å²) < 4.78 is 41.8. The van der Waals surface area contributed by atoms with Crippen LogP contribution in [0.3, 0.4) is 0 Å². The number of thioether (sulfide) groups is 1. The van der Waals surface area contributed by atoms with E-state index < -0.39 is 29.4 Å². The third-order valence-corrected chi connectivity index (χ3v) is 5.95. The number of nitrogens with zero attached hydrogens (tertiary/aromatic N) is 1. The predicted octanol–water partition coefficient (Wildman–Crippen LogP) is 6.20. The molecule has 1 aliphatic rings. The molecular formula is C22H20F3NO3S2. The lowest BCUT2D eigenvalue weighted by Crippen LogP contribution is -2.39. The van der Waals surface area contributed by atoms with Gasteiger partial charge in [-0.1, -0.05) is 50.2 Å². The first-order valence-electron chi connectivity index (χ1n) is 9.77. The first-order chi connectivity index (χ1) is 14.8. The fourth-order valence-corrected chi connectivity index (χ4v) is 4.24. The topological polar surface area (TPSA) is 46.6 Å². The van der Waals surface area contributed by atoms with E-state index in [9.17, 15) is 22.8 Å². The Balaban J connectivity index is 1.80. The van der Waals surface area contributed by atoms with Gasteiger partial charge in [0.25, 0.3) is 11.8 Å². The van der Waals surface area contributed by atoms with Crippen molar-refractivity contribution in [2.24, 2.45) is 0 Å². The molecule has 0 N–H and O–H groups in total. The summed E-state index contributed by atoms with van der Waals surface area (Å²) in [6.07, 6.45) is 4.82. The van der Waals surface area contributed by atoms with E-state index in [1.54, 1.807) is 30.0 Å². The second kappa shape index (κ2) is 10.4. The zero-order valence-corrected chi connectivity index (χ0v) is 18.4. The molecule has 3 rings (SSSR count). The molecule has 4 nitrogen and oxygen atoms in total. The van der Waals surface area contributed by atoms with Gasteiger partial charge in [0.05, 0.1) is 16.9 Å². The maximum Gasteiger partial charge on any atom is 0.470 e. The molecule has 2 amide bonds. The number of hydrogen-bond donors (Lipinski definition) is 0. The van der Waals surface area contributed by atoms with Crippen LogP contribution in [0.5, 0.6) is 0 Å². The number of rotatable bonds is 8. The Bertz CT molecular complexity index is 1020. The molecule has 31 heavy (non-hydrogen) atoms. The van der Waals surface area contributed by atoms with Crippen molar-refractivity contribution in [2.45, 2.75) is 38.1 Å². The quantitative estimate of drug-likeness (QED) is 0.200. The van der Waals surface area contributed by atoms with Gasteiger partial charge in [-0.3, -0.25) is 9.59 Å². The number of hydrogen-bond acceptors (Lipinski definition) is 5. The zero-order chi connectivity index (χ0) is 22.4. The standard InChI is InChI=1S/C22H20F3NO3S2/c1-2-3-4-5-13-30-14-7-8-15-11-12-18-19-16(15)9-6-10-17(19)20(27)26(21(18)28)29-31-22(23,24)25/h6,9-12H,2-5,13-14H2,1H3. The molecule has 0 unspecified atom stereocenters. The minimum absolute atomic E-state index is 0.101. The van der Waals surface area contributed by atoms with E-state index in [-0.39, 0.29) is 16.2 Å². The highest BCUT2D eigenvalue weighted by Crippen LogP contribution is 2.36. The van der Waals surface area contributed by atoms with E-state index >= 15 is 0 Å². The molecule has 1 aliphatic heterocycles. The predicted molar refractivity (Wildman–Crippen MR) is 118 cm³/mol. The lowest BCUT2D eigenvalue weighted by Gasteiger charge is -2.25. The van der Waals surface area contributed by atoms with E-state index in [4.69, 9.17) is 0 Å². The summed E-state index contributed by atoms with van der Waals surface area (Å²) in [7, 11) is 0. The molecular weight excluding hydrogens is 447 g/mol. The number of imide groups is 1. The van der Waals surface area contributed by atoms with Crippen LogP contribution in [0.1, 0.15) is 58.9 Å². The summed E-state index contributed by atoms with van der Waals surface area (Å²) in [4.78, 5) is 25.2. The van der Waals surface area contributed by atoms with Gasteiger partial charge in [-0.2, -0.15) is 17.5 Å². The Morgan fingerprint density at radius 1 is 1.03 bits per heavy atom. The minimum atomic E-state index is -4.75. The number of carbonyl (C=O) groups excluding carboxylic acids is 2. The van der Waals surface area contributed by atoms with Gasteiger partial charge in [0.15, 0.2) is 0 Å². The molecule has 0 spiro atoms. The largest absolute Gasteiger partial charge is 0.470 e. The van der Waals surface area contributed by atoms with Gasteiger partial charge in [0, 0.05) is 10.9 Å². The normalized spacial score (nSPS) is 13.5. The summed E-state index contributed by atoms with van der Waals surface area (Å²) >= 11 is 0.856. The fourth-order valence-electron chi connectivity index (χ4n) is 3.22. The highest BCUT2D eigenvalue weighted by atomic mass is 32.2. The molecule has 0 saturated heterocycles. The van der Waals surface area contributed by atoms with Crippen LogP contribution in [-0.2, 0) is 4.28 Å². The van der Waals surface area contributed by atoms with Crippen molar-refractivity contribution < 1.29 is 27.0 Å². The second-order valence-electron chi connectivity index (χ2n) is 6.81. The number of benzene rings is 2. The number of carbonyl (C=O) groups is 2. The monoisotopic (exact) mass is 467 g/mol. The van der Waals surface area contributed by atoms with Crippen LogP contribution in [0.4, 0.5) is 13.2 Å². The first-order valence-corrected chi connectivity index (χ1v) is 11.7. The average Bonchev–Trinajstić information content (AvgIpc) is 2.73. The van der Waals surface area contributed by atoms with Crippen molar-refractivity contribution in [1.82, 2.24) is 5.06 Å². The van der Waals surface area contributed by atoms with Gasteiger partial charge >= 0.3 is 5.51 Å². The van der Waals surface area contributed by atoms with Crippen LogP contribution in [-0.4, -0.2) is 33.9 Å². The molecule has 0 radical (unpaired) electrons. The van der Waals surface area contributed by atoms with E-state index in [0.29, 0.717) is 22.1 Å². The Hall–Kier alpha value is -2.15. The molecule has 2 aromatic carbocycles. The van der Waals surface area contributed by atoms with Crippen LogP contribution < -0.4 is 0 Å². The number of alkyl halides is 3. The fraction of sp³-hybridized carbons (Fsp3) is 0.364. The molecule has 0 aliphatic carbocycles. The lowest BCUT2D eigenvalue weighted by atomic mass is 9.92. The van der Waals surface area contributed by atoms with Gasteiger partial charge in [0.1, 0.15) is 12.0 Å². The molecule has 9 heteroatoms. The summed E-state index contributed by atoms with van der Waals surface area (Å²) in [6.45, 7) is 2.17. The van der Waals surface area contributed by atoms with Crippen LogP contribution in [0.2, 0.25) is 0 Å². The van der Waals surface area contributed by atoms with Crippen molar-refractivity contribution in [1.29, 1.82) is 0 Å². The number of unbranched alkanes of at least 4 members (excludes halogenated alkanes) is 3. The van der Waals surface area contributed by atoms with Crippen molar-refractivity contribution in [3.8, 4) is 11.8 Å². The molecule has 0 bridgehead atoms. The maximum absolute atomic E-state index is 12.6. The van der Waals surface area contributed by atoms with Crippen molar-refractivity contribution in [3.05, 3.63) is 47.0 Å². The lowest BCUT2D eigenvalue weighted by molar-refractivity contribution is -0.0570. The van der Waals surface area contributed by atoms with Crippen LogP contribution in [0.15, 0.2) is 30.3 Å². The van der Waals surface area contributed by atoms with Gasteiger partial charge in [-0.05, 0) is 35.8 Å². The van der Waals surface area contributed by atoms with Crippen molar-refractivity contribution in [3.63, 3.8) is 0 Å². The van der Waals surface area contributed by atoms with Crippen LogP contribution >= 0.6 is 23.8 Å². The highest BCUT2D eigenvalue weighted by Gasteiger charge is 2.39. The number of hydroxylamine groups is 2. The molecule has 2 aromatic rings. The summed E-state index contributed by atoms with van der Waals surface area (Å²) in [5.74, 6) is 6.04. The Morgan fingerprint density at radius 2 is 1.77 bits per heavy atom. The Kier molecular flexibility index (Phi) is 7.92. The summed E-state index contributed by atoms with van der Waals surface area (Å²) in [5, 5.41) is 1.14. The van der Waals surface area contributed by atoms with Gasteiger partial charge in [-0.25, -0.2) is 0 Å². The zero-order valence-electron chi connectivity index (χ0n) is 16.8. The highest BCUT2D eigenvalue weighted by molar-refractivity contribution is 7.99. The Labute approximate surface area is 187 Å². The number of amides is 2. The third kappa shape index (κ3) is 5.76. The molecule has 0 fully saturated rings. The van der Waals surface area contributed by atoms with Gasteiger partial charge < -0.3 is 0 Å². The maximum atomic E-state index is 12.6. The number of halogens is 3. The van der Waals surface area contributed by atoms with Gasteiger partial charge in [-0.15, -0.1) is 16.8 Å². The molecule has 164 valence electrons. The molecule has 0 saturated carbocycles. The smallest absolute Gasteiger partial charge is 0.266 e. The third-order valence-electron chi connectivity index (χ3n) is 4.62. The SMILES string of the molecule is CCCCCCSCC#Cc1ccc2c3c(cccc13)C(=O)N(OSC(F)(F)F)C2=O. The summed E-state index contributed by atoms with van der Waals surface area (Å²) in [5.41, 5.74) is -3.89. The van der Waals surface area contributed by atoms with E-state index in [2.05, 4.69) is 23.0 Å². The van der Waals surface area contributed by atoms with Crippen LogP contribution in [0.25, 0.3) is 10.8 Å². The van der Waals surface area contributed by atoms with Gasteiger partial charge in [0.2, 0.25) is 0 Å². The van der Waals surface area contributed by atoms with Crippen molar-refractivity contribution >= 4 is 46.4 Å². The first kappa shape index (κ1) is 23.5. The molecule has 1 heterocycles. The van der Waals surface area contributed by atoms with E-state index in [1.807, 2.05) is 0 Å². The van der Waals surface area contributed by atoms with Crippen molar-refractivity contribution in [2.75, 3.05) is 11.5 Å². The average molecular weight is 468 g/mol. The van der Waals surface area contributed by atoms with E-state index in [1.165, 1.54) is 31.4 Å². The summed E-state index contributed by atoms with van der Waals surface area (Å²) in [6, 6.07) is 7.92. The molecule has 0 aromatic heterocycles. The van der Waals surface area contributed by atoms with Crippen LogP contribution in [0, 0.1) is 11.8 Å². The molecule has 0 atom stereocenters. The second-order valence-corrected chi connectivity index (χ2v) is 8.70. The van der Waals surface area contributed by atoms with E-state index in [0.717, 1.165) is 12.2 Å². The minimum Gasteiger partial charge on any atom is -0.266 e. The Morgan fingerprint density at radius 3 is 2.48 bits per heavy atom.